The third-order valence-electron chi connectivity index (χ3n) is 5.94. The fraction of sp³-hybridized carbons (Fsp3) is 0.280. The second-order valence-corrected chi connectivity index (χ2v) is 9.20. The van der Waals surface area contributed by atoms with E-state index in [2.05, 4.69) is 5.32 Å². The van der Waals surface area contributed by atoms with Gasteiger partial charge in [0.15, 0.2) is 5.50 Å². The van der Waals surface area contributed by atoms with Gasteiger partial charge in [-0.05, 0) is 41.8 Å². The molecule has 36 heavy (non-hydrogen) atoms. The van der Waals surface area contributed by atoms with Crippen molar-refractivity contribution in [2.24, 2.45) is 0 Å². The Bertz CT molecular complexity index is 1260. The summed E-state index contributed by atoms with van der Waals surface area (Å²) in [6.07, 6.45) is 0. The molecular formula is C25H26N4O6S. The Balaban J connectivity index is 1.50. The highest BCUT2D eigenvalue weighted by Crippen LogP contribution is 2.37. The highest BCUT2D eigenvalue weighted by Gasteiger charge is 2.48. The molecule has 1 fully saturated rings. The molecule has 0 aliphatic carbocycles. The van der Waals surface area contributed by atoms with Crippen LogP contribution < -0.4 is 10.1 Å². The Labute approximate surface area is 212 Å². The lowest BCUT2D eigenvalue weighted by atomic mass is 10.0. The zero-order valence-corrected chi connectivity index (χ0v) is 21.1. The summed E-state index contributed by atoms with van der Waals surface area (Å²) in [5, 5.41) is 4.42. The van der Waals surface area contributed by atoms with Crippen LogP contribution in [0.4, 0.5) is 9.59 Å². The summed E-state index contributed by atoms with van der Waals surface area (Å²) in [5.41, 5.74) is 2.09. The van der Waals surface area contributed by atoms with E-state index >= 15 is 0 Å². The number of imide groups is 1. The first kappa shape index (κ1) is 25.1. The van der Waals surface area contributed by atoms with Crippen LogP contribution in [0.1, 0.15) is 27.0 Å². The van der Waals surface area contributed by atoms with Gasteiger partial charge in [-0.2, -0.15) is 0 Å². The van der Waals surface area contributed by atoms with Crippen LogP contribution in [0.15, 0.2) is 53.6 Å². The maximum absolute atomic E-state index is 13.4. The lowest BCUT2D eigenvalue weighted by Crippen LogP contribution is -2.62. The Hall–Kier alpha value is -3.99. The summed E-state index contributed by atoms with van der Waals surface area (Å²) in [6.45, 7) is 1.98. The van der Waals surface area contributed by atoms with Gasteiger partial charge in [0.2, 0.25) is 0 Å². The van der Waals surface area contributed by atoms with Gasteiger partial charge in [0.25, 0.3) is 5.91 Å². The quantitative estimate of drug-likeness (QED) is 0.570. The van der Waals surface area contributed by atoms with Crippen LogP contribution in [0.5, 0.6) is 5.75 Å². The van der Waals surface area contributed by atoms with Gasteiger partial charge in [-0.3, -0.25) is 14.6 Å². The number of ether oxygens (including phenoxy) is 2. The topological polar surface area (TPSA) is 108 Å². The number of carbonyl (C=O) groups excluding carboxylic acids is 4. The van der Waals surface area contributed by atoms with E-state index in [9.17, 15) is 19.2 Å². The summed E-state index contributed by atoms with van der Waals surface area (Å²) >= 11 is 1.21. The highest BCUT2D eigenvalue weighted by atomic mass is 32.2. The molecule has 1 atom stereocenters. The first-order chi connectivity index (χ1) is 17.2. The van der Waals surface area contributed by atoms with Crippen LogP contribution in [0, 0.1) is 6.92 Å². The van der Waals surface area contributed by atoms with E-state index in [1.807, 2.05) is 24.3 Å². The Morgan fingerprint density at radius 2 is 1.83 bits per heavy atom. The molecule has 188 valence electrons. The molecule has 10 nitrogen and oxygen atoms in total. The molecule has 1 saturated heterocycles. The number of esters is 1. The molecule has 4 rings (SSSR count). The summed E-state index contributed by atoms with van der Waals surface area (Å²) in [7, 11) is 4.46. The Morgan fingerprint density at radius 3 is 2.53 bits per heavy atom. The van der Waals surface area contributed by atoms with Crippen molar-refractivity contribution < 1.29 is 28.7 Å². The largest absolute Gasteiger partial charge is 0.497 e. The number of benzene rings is 2. The summed E-state index contributed by atoms with van der Waals surface area (Å²) in [5.74, 6) is -0.216. The number of hydrogen-bond donors (Lipinski definition) is 1. The molecule has 1 unspecified atom stereocenters. The molecule has 5 amide bonds. The van der Waals surface area contributed by atoms with Gasteiger partial charge in [-0.25, -0.2) is 19.3 Å². The van der Waals surface area contributed by atoms with Crippen molar-refractivity contribution in [2.75, 3.05) is 21.3 Å². The van der Waals surface area contributed by atoms with Gasteiger partial charge in [0, 0.05) is 19.0 Å². The Kier molecular flexibility index (Phi) is 7.20. The lowest BCUT2D eigenvalue weighted by molar-refractivity contribution is -0.119. The van der Waals surface area contributed by atoms with E-state index in [1.165, 1.54) is 28.7 Å². The lowest BCUT2D eigenvalue weighted by Gasteiger charge is -2.42. The molecule has 2 aromatic carbocycles. The van der Waals surface area contributed by atoms with Gasteiger partial charge in [0.1, 0.15) is 11.4 Å². The number of carbonyl (C=O) groups is 4. The van der Waals surface area contributed by atoms with Crippen molar-refractivity contribution in [1.82, 2.24) is 20.0 Å². The van der Waals surface area contributed by atoms with Crippen LogP contribution in [0.25, 0.3) is 0 Å². The fourth-order valence-corrected chi connectivity index (χ4v) is 5.09. The molecule has 11 heteroatoms. The normalized spacial score (nSPS) is 17.1. The number of nitrogens with zero attached hydrogens (tertiary/aromatic N) is 3. The minimum atomic E-state index is -0.651. The molecule has 1 N–H and O–H groups in total. The van der Waals surface area contributed by atoms with Crippen molar-refractivity contribution in [3.63, 3.8) is 0 Å². The van der Waals surface area contributed by atoms with E-state index in [4.69, 9.17) is 9.47 Å². The smallest absolute Gasteiger partial charge is 0.338 e. The van der Waals surface area contributed by atoms with E-state index in [0.717, 1.165) is 10.5 Å². The van der Waals surface area contributed by atoms with Crippen LogP contribution in [0.3, 0.4) is 0 Å². The van der Waals surface area contributed by atoms with Crippen LogP contribution in [-0.2, 0) is 22.6 Å². The number of fused-ring (bicyclic) bond motifs is 1. The summed E-state index contributed by atoms with van der Waals surface area (Å²) < 4.78 is 9.99. The molecule has 0 saturated carbocycles. The number of aryl methyl sites for hydroxylation is 1. The monoisotopic (exact) mass is 510 g/mol. The van der Waals surface area contributed by atoms with Gasteiger partial charge < -0.3 is 14.8 Å². The van der Waals surface area contributed by atoms with Crippen LogP contribution >= 0.6 is 11.8 Å². The van der Waals surface area contributed by atoms with E-state index < -0.39 is 29.4 Å². The van der Waals surface area contributed by atoms with Crippen LogP contribution in [0.2, 0.25) is 0 Å². The molecule has 0 spiro atoms. The minimum Gasteiger partial charge on any atom is -0.497 e. The van der Waals surface area contributed by atoms with Gasteiger partial charge in [-0.1, -0.05) is 36.0 Å². The Morgan fingerprint density at radius 1 is 1.06 bits per heavy atom. The number of methoxy groups -OCH3 is 2. The molecule has 2 aliphatic rings. The van der Waals surface area contributed by atoms with E-state index in [1.54, 1.807) is 44.7 Å². The number of rotatable bonds is 7. The predicted octanol–water partition coefficient (Wildman–Crippen LogP) is 3.27. The second-order valence-electron chi connectivity index (χ2n) is 8.27. The van der Waals surface area contributed by atoms with Crippen molar-refractivity contribution in [3.05, 3.63) is 75.8 Å². The van der Waals surface area contributed by atoms with Gasteiger partial charge in [0.05, 0.1) is 26.3 Å². The zero-order valence-electron chi connectivity index (χ0n) is 20.3. The average molecular weight is 511 g/mol. The fourth-order valence-electron chi connectivity index (χ4n) is 4.02. The number of urea groups is 2. The predicted molar refractivity (Wildman–Crippen MR) is 133 cm³/mol. The maximum atomic E-state index is 13.4. The molecule has 2 heterocycles. The highest BCUT2D eigenvalue weighted by molar-refractivity contribution is 8.03. The third-order valence-corrected chi connectivity index (χ3v) is 7.07. The third kappa shape index (κ3) is 4.74. The first-order valence-electron chi connectivity index (χ1n) is 11.1. The van der Waals surface area contributed by atoms with Crippen molar-refractivity contribution >= 4 is 35.7 Å². The van der Waals surface area contributed by atoms with E-state index in [-0.39, 0.29) is 18.8 Å². The molecule has 0 aromatic heterocycles. The summed E-state index contributed by atoms with van der Waals surface area (Å²) in [4.78, 5) is 55.2. The maximum Gasteiger partial charge on any atom is 0.338 e. The number of amides is 5. The number of hydrogen-bond acceptors (Lipinski definition) is 7. The first-order valence-corrected chi connectivity index (χ1v) is 12.0. The van der Waals surface area contributed by atoms with Gasteiger partial charge >= 0.3 is 18.0 Å². The zero-order chi connectivity index (χ0) is 26.0. The van der Waals surface area contributed by atoms with Crippen molar-refractivity contribution in [2.45, 2.75) is 25.5 Å². The summed E-state index contributed by atoms with van der Waals surface area (Å²) in [6, 6.07) is 11.2. The number of thioether (sulfide) groups is 1. The van der Waals surface area contributed by atoms with E-state index in [0.29, 0.717) is 22.4 Å². The number of nitrogens with one attached hydrogen (secondary N) is 1. The average Bonchev–Trinajstić information content (AvgIpc) is 3.34. The van der Waals surface area contributed by atoms with Gasteiger partial charge in [-0.15, -0.1) is 0 Å². The minimum absolute atomic E-state index is 0.0170. The second kappa shape index (κ2) is 10.3. The molecule has 2 aliphatic heterocycles. The molecule has 2 aromatic rings. The van der Waals surface area contributed by atoms with Crippen LogP contribution in [-0.4, -0.2) is 65.4 Å². The molecular weight excluding hydrogens is 484 g/mol. The van der Waals surface area contributed by atoms with Crippen molar-refractivity contribution in [3.8, 4) is 5.75 Å². The molecule has 0 radical (unpaired) electrons. The standard InChI is InChI=1S/C25H26N4O6S/c1-15-10-17(8-9-19(15)22(31)35-4)13-28-23(32)27(2)25-29(24(28)33)20(14-36-25)21(30)26-12-16-6-5-7-18(11-16)34-3/h5-11,14,25H,12-13H2,1-4H3,(H,26,30). The molecule has 0 bridgehead atoms. The SMILES string of the molecule is COC(=O)c1ccc(CN2C(=O)N(C)C3SC=C(C(=O)NCc4cccc(OC)c4)N3C2=O)cc1C. The van der Waals surface area contributed by atoms with Crippen molar-refractivity contribution in [1.29, 1.82) is 0 Å².